The zero-order valence-electron chi connectivity index (χ0n) is 11.0. The smallest absolute Gasteiger partial charge is 0.262 e. The highest BCUT2D eigenvalue weighted by molar-refractivity contribution is 5.96. The van der Waals surface area contributed by atoms with E-state index in [-0.39, 0.29) is 18.1 Å². The van der Waals surface area contributed by atoms with Crippen molar-refractivity contribution >= 4 is 17.3 Å². The first kappa shape index (κ1) is 12.7. The Labute approximate surface area is 107 Å². The van der Waals surface area contributed by atoms with Gasteiger partial charge in [-0.1, -0.05) is 0 Å². The monoisotopic (exact) mass is 249 g/mol. The maximum Gasteiger partial charge on any atom is 0.262 e. The van der Waals surface area contributed by atoms with Crippen molar-refractivity contribution in [2.24, 2.45) is 0 Å². The van der Waals surface area contributed by atoms with Crippen LogP contribution in [-0.2, 0) is 4.79 Å². The zero-order chi connectivity index (χ0) is 13.2. The second-order valence-corrected chi connectivity index (χ2v) is 5.04. The number of anilines is 2. The molecule has 1 aromatic rings. The third-order valence-electron chi connectivity index (χ3n) is 3.02. The Morgan fingerprint density at radius 1 is 1.44 bits per heavy atom. The Bertz CT molecular complexity index is 458. The molecule has 3 N–H and O–H groups in total. The molecule has 1 heterocycles. The quantitative estimate of drug-likeness (QED) is 0.755. The van der Waals surface area contributed by atoms with Crippen LogP contribution in [0.15, 0.2) is 18.2 Å². The SMILES string of the molecule is CNC(C)(C)CNc1ccc2c(c1)NC(=O)CO2. The molecule has 0 radical (unpaired) electrons. The summed E-state index contributed by atoms with van der Waals surface area (Å²) in [7, 11) is 1.93. The first-order chi connectivity index (χ1) is 8.50. The average molecular weight is 249 g/mol. The minimum Gasteiger partial charge on any atom is -0.482 e. The highest BCUT2D eigenvalue weighted by Crippen LogP contribution is 2.30. The van der Waals surface area contributed by atoms with Crippen LogP contribution in [0.3, 0.4) is 0 Å². The van der Waals surface area contributed by atoms with E-state index < -0.39 is 0 Å². The van der Waals surface area contributed by atoms with E-state index in [1.54, 1.807) is 0 Å². The Kier molecular flexibility index (Phi) is 3.43. The molecule has 0 bridgehead atoms. The van der Waals surface area contributed by atoms with Crippen molar-refractivity contribution in [3.8, 4) is 5.75 Å². The van der Waals surface area contributed by atoms with Gasteiger partial charge in [-0.3, -0.25) is 4.79 Å². The number of carbonyl (C=O) groups is 1. The van der Waals surface area contributed by atoms with E-state index in [0.29, 0.717) is 5.75 Å². The molecule has 1 aromatic carbocycles. The second-order valence-electron chi connectivity index (χ2n) is 5.04. The molecule has 0 unspecified atom stereocenters. The number of fused-ring (bicyclic) bond motifs is 1. The molecular weight excluding hydrogens is 230 g/mol. The summed E-state index contributed by atoms with van der Waals surface area (Å²) in [6, 6.07) is 5.70. The van der Waals surface area contributed by atoms with E-state index >= 15 is 0 Å². The summed E-state index contributed by atoms with van der Waals surface area (Å²) < 4.78 is 5.31. The van der Waals surface area contributed by atoms with Crippen molar-refractivity contribution in [1.29, 1.82) is 0 Å². The summed E-state index contributed by atoms with van der Waals surface area (Å²) in [4.78, 5) is 11.2. The Morgan fingerprint density at radius 2 is 2.22 bits per heavy atom. The highest BCUT2D eigenvalue weighted by Gasteiger charge is 2.17. The lowest BCUT2D eigenvalue weighted by atomic mass is 10.1. The molecule has 18 heavy (non-hydrogen) atoms. The van der Waals surface area contributed by atoms with Gasteiger partial charge < -0.3 is 20.7 Å². The molecule has 0 spiro atoms. The van der Waals surface area contributed by atoms with Crippen molar-refractivity contribution in [2.75, 3.05) is 30.8 Å². The van der Waals surface area contributed by atoms with Crippen molar-refractivity contribution in [2.45, 2.75) is 19.4 Å². The minimum absolute atomic E-state index is 0.00957. The van der Waals surface area contributed by atoms with Crippen molar-refractivity contribution in [1.82, 2.24) is 5.32 Å². The Morgan fingerprint density at radius 3 is 2.94 bits per heavy atom. The van der Waals surface area contributed by atoms with E-state index in [2.05, 4.69) is 29.8 Å². The van der Waals surface area contributed by atoms with Crippen LogP contribution in [0.4, 0.5) is 11.4 Å². The third kappa shape index (κ3) is 2.92. The number of amides is 1. The number of rotatable bonds is 4. The van der Waals surface area contributed by atoms with Gasteiger partial charge >= 0.3 is 0 Å². The molecule has 98 valence electrons. The van der Waals surface area contributed by atoms with Gasteiger partial charge in [0.25, 0.3) is 5.91 Å². The van der Waals surface area contributed by atoms with Crippen LogP contribution in [0, 0.1) is 0 Å². The molecule has 0 fully saturated rings. The van der Waals surface area contributed by atoms with Gasteiger partial charge in [-0.05, 0) is 39.1 Å². The summed E-state index contributed by atoms with van der Waals surface area (Å²) in [5.41, 5.74) is 1.69. The van der Waals surface area contributed by atoms with E-state index in [1.165, 1.54) is 0 Å². The lowest BCUT2D eigenvalue weighted by Crippen LogP contribution is -2.42. The number of likely N-dealkylation sites (N-methyl/N-ethyl adjacent to an activating group) is 1. The number of ether oxygens (including phenoxy) is 1. The summed E-state index contributed by atoms with van der Waals surface area (Å²) in [6.45, 7) is 5.11. The summed E-state index contributed by atoms with van der Waals surface area (Å²) >= 11 is 0. The lowest BCUT2D eigenvalue weighted by Gasteiger charge is -2.25. The van der Waals surface area contributed by atoms with E-state index in [4.69, 9.17) is 4.74 Å². The predicted octanol–water partition coefficient (Wildman–Crippen LogP) is 1.43. The molecule has 0 saturated heterocycles. The van der Waals surface area contributed by atoms with Gasteiger partial charge in [-0.15, -0.1) is 0 Å². The van der Waals surface area contributed by atoms with Crippen LogP contribution < -0.4 is 20.7 Å². The maximum absolute atomic E-state index is 11.2. The van der Waals surface area contributed by atoms with Gasteiger partial charge in [-0.2, -0.15) is 0 Å². The summed E-state index contributed by atoms with van der Waals surface area (Å²) in [5, 5.41) is 9.35. The normalized spacial score (nSPS) is 14.5. The van der Waals surface area contributed by atoms with E-state index in [1.807, 2.05) is 25.2 Å². The van der Waals surface area contributed by atoms with Crippen LogP contribution in [0.1, 0.15) is 13.8 Å². The molecule has 2 rings (SSSR count). The number of nitrogens with one attached hydrogen (secondary N) is 3. The number of hydrogen-bond acceptors (Lipinski definition) is 4. The van der Waals surface area contributed by atoms with Crippen molar-refractivity contribution in [3.63, 3.8) is 0 Å². The van der Waals surface area contributed by atoms with Crippen LogP contribution in [0.25, 0.3) is 0 Å². The van der Waals surface area contributed by atoms with Gasteiger partial charge in [0.05, 0.1) is 5.69 Å². The topological polar surface area (TPSA) is 62.4 Å². The van der Waals surface area contributed by atoms with Crippen LogP contribution in [0.2, 0.25) is 0 Å². The number of benzene rings is 1. The molecule has 1 aliphatic heterocycles. The summed E-state index contributed by atoms with van der Waals surface area (Å²) in [6.07, 6.45) is 0. The largest absolute Gasteiger partial charge is 0.482 e. The molecule has 0 aliphatic carbocycles. The number of carbonyl (C=O) groups excluding carboxylic acids is 1. The maximum atomic E-state index is 11.2. The molecule has 0 saturated carbocycles. The van der Waals surface area contributed by atoms with Gasteiger partial charge in [0.1, 0.15) is 5.75 Å². The van der Waals surface area contributed by atoms with Crippen molar-refractivity contribution in [3.05, 3.63) is 18.2 Å². The molecule has 1 aliphatic rings. The molecular formula is C13H19N3O2. The standard InChI is InChI=1S/C13H19N3O2/c1-13(2,14-3)8-15-9-4-5-11-10(6-9)16-12(17)7-18-11/h4-6,14-15H,7-8H2,1-3H3,(H,16,17). The van der Waals surface area contributed by atoms with Gasteiger partial charge in [0.2, 0.25) is 0 Å². The lowest BCUT2D eigenvalue weighted by molar-refractivity contribution is -0.118. The number of hydrogen-bond donors (Lipinski definition) is 3. The fourth-order valence-corrected chi connectivity index (χ4v) is 1.60. The zero-order valence-corrected chi connectivity index (χ0v) is 11.0. The Hall–Kier alpha value is -1.75. The van der Waals surface area contributed by atoms with Crippen molar-refractivity contribution < 1.29 is 9.53 Å². The first-order valence-electron chi connectivity index (χ1n) is 6.00. The second kappa shape index (κ2) is 4.86. The summed E-state index contributed by atoms with van der Waals surface area (Å²) in [5.74, 6) is 0.600. The first-order valence-corrected chi connectivity index (χ1v) is 6.00. The minimum atomic E-state index is -0.116. The van der Waals surface area contributed by atoms with Crippen LogP contribution in [-0.4, -0.2) is 31.6 Å². The highest BCUT2D eigenvalue weighted by atomic mass is 16.5. The molecule has 1 amide bonds. The fourth-order valence-electron chi connectivity index (χ4n) is 1.60. The predicted molar refractivity (Wildman–Crippen MR) is 72.2 cm³/mol. The fraction of sp³-hybridized carbons (Fsp3) is 0.462. The third-order valence-corrected chi connectivity index (χ3v) is 3.02. The molecule has 5 heteroatoms. The molecule has 5 nitrogen and oxygen atoms in total. The van der Waals surface area contributed by atoms with Gasteiger partial charge in [0, 0.05) is 17.8 Å². The van der Waals surface area contributed by atoms with Crippen LogP contribution in [0.5, 0.6) is 5.75 Å². The Balaban J connectivity index is 2.07. The molecule has 0 aromatic heterocycles. The van der Waals surface area contributed by atoms with E-state index in [9.17, 15) is 4.79 Å². The van der Waals surface area contributed by atoms with E-state index in [0.717, 1.165) is 17.9 Å². The molecule has 0 atom stereocenters. The van der Waals surface area contributed by atoms with Crippen LogP contribution >= 0.6 is 0 Å². The van der Waals surface area contributed by atoms with Gasteiger partial charge in [0.15, 0.2) is 6.61 Å². The average Bonchev–Trinajstić information content (AvgIpc) is 2.36. The van der Waals surface area contributed by atoms with Gasteiger partial charge in [-0.25, -0.2) is 0 Å².